The molecule has 0 unspecified atom stereocenters. The van der Waals surface area contributed by atoms with E-state index in [2.05, 4.69) is 4.98 Å². The molecule has 5 rings (SSSR count). The van der Waals surface area contributed by atoms with Gasteiger partial charge in [0.15, 0.2) is 5.16 Å². The van der Waals surface area contributed by atoms with Gasteiger partial charge in [0.2, 0.25) is 0 Å². The number of aryl methyl sites for hydroxylation is 2. The third-order valence-electron chi connectivity index (χ3n) is 5.50. The Labute approximate surface area is 194 Å². The number of hydrogen-bond donors (Lipinski definition) is 0. The van der Waals surface area contributed by atoms with Gasteiger partial charge in [-0.3, -0.25) is 18.6 Å². The lowest BCUT2D eigenvalue weighted by atomic mass is 10.1. The summed E-state index contributed by atoms with van der Waals surface area (Å²) >= 11 is 1.41. The molecule has 6 nitrogen and oxygen atoms in total. The summed E-state index contributed by atoms with van der Waals surface area (Å²) in [4.78, 5) is 35.3. The Morgan fingerprint density at radius 3 is 2.45 bits per heavy atom. The van der Waals surface area contributed by atoms with Crippen LogP contribution in [0.3, 0.4) is 0 Å². The molecule has 0 atom stereocenters. The molecule has 0 saturated carbocycles. The van der Waals surface area contributed by atoms with Gasteiger partial charge >= 0.3 is 0 Å². The van der Waals surface area contributed by atoms with Crippen LogP contribution >= 0.6 is 11.8 Å². The molecule has 5 aromatic rings. The summed E-state index contributed by atoms with van der Waals surface area (Å²) in [6, 6.07) is 20.8. The van der Waals surface area contributed by atoms with Crippen LogP contribution in [0, 0.1) is 13.8 Å². The molecule has 33 heavy (non-hydrogen) atoms. The van der Waals surface area contributed by atoms with E-state index in [1.165, 1.54) is 17.3 Å². The largest absolute Gasteiger partial charge is 0.283 e. The molecule has 0 fully saturated rings. The molecule has 0 aliphatic rings. The molecule has 7 heteroatoms. The number of rotatable bonds is 5. The van der Waals surface area contributed by atoms with Crippen molar-refractivity contribution in [2.24, 2.45) is 0 Å². The zero-order valence-electron chi connectivity index (χ0n) is 18.4. The number of para-hydroxylation sites is 1. The van der Waals surface area contributed by atoms with Crippen LogP contribution < -0.4 is 11.1 Å². The van der Waals surface area contributed by atoms with Crippen LogP contribution in [-0.4, -0.2) is 18.9 Å². The van der Waals surface area contributed by atoms with Gasteiger partial charge in [-0.1, -0.05) is 59.8 Å². The van der Waals surface area contributed by atoms with E-state index >= 15 is 0 Å². The van der Waals surface area contributed by atoms with Gasteiger partial charge in [-0.25, -0.2) is 9.97 Å². The lowest BCUT2D eigenvalue weighted by Gasteiger charge is -2.13. The Bertz CT molecular complexity index is 1600. The molecule has 0 radical (unpaired) electrons. The fraction of sp³-hybridized carbons (Fsp3) is 0.154. The number of hydrogen-bond acceptors (Lipinski definition) is 5. The maximum Gasteiger partial charge on any atom is 0.262 e. The second kappa shape index (κ2) is 8.67. The molecule has 164 valence electrons. The van der Waals surface area contributed by atoms with Crippen LogP contribution in [0.15, 0.2) is 87.7 Å². The molecule has 0 saturated heterocycles. The first kappa shape index (κ1) is 21.2. The van der Waals surface area contributed by atoms with Crippen molar-refractivity contribution in [2.45, 2.75) is 31.3 Å². The van der Waals surface area contributed by atoms with Crippen LogP contribution in [0.2, 0.25) is 0 Å². The summed E-state index contributed by atoms with van der Waals surface area (Å²) in [6.07, 6.45) is 1.78. The van der Waals surface area contributed by atoms with Gasteiger partial charge in [-0.05, 0) is 43.2 Å². The van der Waals surface area contributed by atoms with Crippen LogP contribution in [0.1, 0.15) is 22.4 Å². The quantitative estimate of drug-likeness (QED) is 0.292. The van der Waals surface area contributed by atoms with E-state index in [1.807, 2.05) is 68.4 Å². The number of benzene rings is 2. The zero-order chi connectivity index (χ0) is 22.9. The summed E-state index contributed by atoms with van der Waals surface area (Å²) in [5, 5.41) is 1.19. The highest BCUT2D eigenvalue weighted by molar-refractivity contribution is 7.98. The number of thioether (sulfide) groups is 1. The third kappa shape index (κ3) is 4.32. The maximum atomic E-state index is 13.3. The first-order chi connectivity index (χ1) is 16.0. The average Bonchev–Trinajstić information content (AvgIpc) is 2.81. The van der Waals surface area contributed by atoms with E-state index in [9.17, 15) is 9.59 Å². The Morgan fingerprint density at radius 2 is 1.64 bits per heavy atom. The molecule has 0 bridgehead atoms. The Hall–Kier alpha value is -3.71. The smallest absolute Gasteiger partial charge is 0.262 e. The fourth-order valence-electron chi connectivity index (χ4n) is 3.74. The highest BCUT2D eigenvalue weighted by Gasteiger charge is 2.13. The van der Waals surface area contributed by atoms with E-state index in [0.717, 1.165) is 11.1 Å². The molecule has 0 amide bonds. The second-order valence-electron chi connectivity index (χ2n) is 8.10. The van der Waals surface area contributed by atoms with Crippen molar-refractivity contribution < 1.29 is 0 Å². The minimum atomic E-state index is -0.122. The summed E-state index contributed by atoms with van der Waals surface area (Å²) in [5.41, 5.74) is 4.90. The van der Waals surface area contributed by atoms with Crippen molar-refractivity contribution in [3.8, 4) is 0 Å². The molecule has 3 heterocycles. The van der Waals surface area contributed by atoms with Gasteiger partial charge in [-0.2, -0.15) is 0 Å². The van der Waals surface area contributed by atoms with E-state index in [4.69, 9.17) is 4.98 Å². The molecule has 0 spiro atoms. The number of aromatic nitrogens is 4. The average molecular weight is 455 g/mol. The number of fused-ring (bicyclic) bond motifs is 2. The van der Waals surface area contributed by atoms with Crippen molar-refractivity contribution >= 4 is 28.3 Å². The Morgan fingerprint density at radius 1 is 0.879 bits per heavy atom. The van der Waals surface area contributed by atoms with Gasteiger partial charge in [-0.15, -0.1) is 0 Å². The lowest BCUT2D eigenvalue weighted by Crippen LogP contribution is -2.24. The predicted octanol–water partition coefficient (Wildman–Crippen LogP) is 4.36. The molecule has 3 aromatic heterocycles. The monoisotopic (exact) mass is 454 g/mol. The van der Waals surface area contributed by atoms with Crippen molar-refractivity contribution in [1.29, 1.82) is 0 Å². The van der Waals surface area contributed by atoms with Crippen molar-refractivity contribution in [3.63, 3.8) is 0 Å². The third-order valence-corrected chi connectivity index (χ3v) is 6.51. The summed E-state index contributed by atoms with van der Waals surface area (Å²) in [7, 11) is 0. The highest BCUT2D eigenvalue weighted by Crippen LogP contribution is 2.22. The van der Waals surface area contributed by atoms with Gasteiger partial charge in [0.1, 0.15) is 5.65 Å². The number of pyridine rings is 1. The van der Waals surface area contributed by atoms with E-state index in [-0.39, 0.29) is 11.1 Å². The molecule has 0 aliphatic heterocycles. The first-order valence-electron chi connectivity index (χ1n) is 10.6. The van der Waals surface area contributed by atoms with Gasteiger partial charge in [0.25, 0.3) is 11.1 Å². The predicted molar refractivity (Wildman–Crippen MR) is 132 cm³/mol. The van der Waals surface area contributed by atoms with Crippen molar-refractivity contribution in [2.75, 3.05) is 0 Å². The first-order valence-corrected chi connectivity index (χ1v) is 11.6. The SMILES string of the molecule is Cc1ccc(Cn2c(SCc3cc(=O)n4cc(C)ccc4n3)nc3ccccc3c2=O)cc1. The number of nitrogens with zero attached hydrogens (tertiary/aromatic N) is 4. The summed E-state index contributed by atoms with van der Waals surface area (Å²) < 4.78 is 3.25. The molecule has 0 aliphatic carbocycles. The van der Waals surface area contributed by atoms with Gasteiger partial charge < -0.3 is 0 Å². The van der Waals surface area contributed by atoms with Crippen LogP contribution in [0.25, 0.3) is 16.6 Å². The molecular formula is C26H22N4O2S. The Kier molecular flexibility index (Phi) is 5.56. The van der Waals surface area contributed by atoms with Crippen molar-refractivity contribution in [3.05, 3.63) is 116 Å². The second-order valence-corrected chi connectivity index (χ2v) is 9.04. The van der Waals surface area contributed by atoms with E-state index in [0.29, 0.717) is 39.7 Å². The topological polar surface area (TPSA) is 69.3 Å². The normalized spacial score (nSPS) is 11.3. The molecule has 0 N–H and O–H groups in total. The lowest BCUT2D eigenvalue weighted by molar-refractivity contribution is 0.658. The maximum absolute atomic E-state index is 13.3. The van der Waals surface area contributed by atoms with E-state index < -0.39 is 0 Å². The standard InChI is InChI=1S/C26H22N4O2S/c1-17-7-10-19(11-8-17)15-30-25(32)21-5-3-4-6-22(21)28-26(30)33-16-20-13-24(31)29-14-18(2)9-12-23(29)27-20/h3-14H,15-16H2,1-2H3. The van der Waals surface area contributed by atoms with Gasteiger partial charge in [0, 0.05) is 18.0 Å². The Balaban J connectivity index is 1.53. The van der Waals surface area contributed by atoms with E-state index in [1.54, 1.807) is 27.3 Å². The van der Waals surface area contributed by atoms with Gasteiger partial charge in [0.05, 0.1) is 23.1 Å². The minimum Gasteiger partial charge on any atom is -0.283 e. The minimum absolute atomic E-state index is 0.0781. The van der Waals surface area contributed by atoms with Crippen molar-refractivity contribution in [1.82, 2.24) is 18.9 Å². The summed E-state index contributed by atoms with van der Waals surface area (Å²) in [5.74, 6) is 0.429. The van der Waals surface area contributed by atoms with Crippen LogP contribution in [-0.2, 0) is 12.3 Å². The molecular weight excluding hydrogens is 432 g/mol. The highest BCUT2D eigenvalue weighted by atomic mass is 32.2. The fourth-order valence-corrected chi connectivity index (χ4v) is 4.64. The zero-order valence-corrected chi connectivity index (χ0v) is 19.2. The van der Waals surface area contributed by atoms with Crippen LogP contribution in [0.4, 0.5) is 0 Å². The summed E-state index contributed by atoms with van der Waals surface area (Å²) in [6.45, 7) is 4.40. The molecule has 2 aromatic carbocycles. The van der Waals surface area contributed by atoms with Crippen LogP contribution in [0.5, 0.6) is 0 Å².